The quantitative estimate of drug-likeness (QED) is 0.799. The number of hydrogen-bond acceptors (Lipinski definition) is 4. The molecule has 1 aliphatic heterocycles. The maximum absolute atomic E-state index is 12.7. The molecule has 1 saturated heterocycles. The Morgan fingerprint density at radius 2 is 2.38 bits per heavy atom. The van der Waals surface area contributed by atoms with Crippen molar-refractivity contribution in [2.24, 2.45) is 0 Å². The number of hydrogen-bond donors (Lipinski definition) is 0. The van der Waals surface area contributed by atoms with Crippen molar-refractivity contribution < 1.29 is 4.79 Å². The summed E-state index contributed by atoms with van der Waals surface area (Å²) in [7, 11) is 0. The smallest absolute Gasteiger partial charge is 0.236 e. The van der Waals surface area contributed by atoms with Crippen molar-refractivity contribution >= 4 is 29.0 Å². The van der Waals surface area contributed by atoms with Crippen LogP contribution in [0.4, 0.5) is 0 Å². The Bertz CT molecular complexity index is 586. The van der Waals surface area contributed by atoms with E-state index in [1.54, 1.807) is 17.5 Å². The zero-order valence-electron chi connectivity index (χ0n) is 11.9. The van der Waals surface area contributed by atoms with E-state index in [2.05, 4.69) is 21.8 Å². The molecule has 2 atom stereocenters. The van der Waals surface area contributed by atoms with Crippen LogP contribution < -0.4 is 0 Å². The average molecular weight is 318 g/mol. The van der Waals surface area contributed by atoms with Gasteiger partial charge >= 0.3 is 0 Å². The molecule has 0 N–H and O–H groups in total. The SMILES string of the molecule is CC(Sc1ccccn1)C(=O)N1CCCC1c1ccsc1. The Labute approximate surface area is 133 Å². The average Bonchev–Trinajstić information content (AvgIpc) is 3.18. The maximum atomic E-state index is 12.7. The highest BCUT2D eigenvalue weighted by atomic mass is 32.2. The molecule has 3 nitrogen and oxygen atoms in total. The summed E-state index contributed by atoms with van der Waals surface area (Å²) in [5.41, 5.74) is 1.28. The third-order valence-corrected chi connectivity index (χ3v) is 5.49. The molecule has 0 aromatic carbocycles. The van der Waals surface area contributed by atoms with Gasteiger partial charge in [0, 0.05) is 12.7 Å². The fraction of sp³-hybridized carbons (Fsp3) is 0.375. The second-order valence-electron chi connectivity index (χ2n) is 5.17. The van der Waals surface area contributed by atoms with Crippen LogP contribution in [-0.4, -0.2) is 27.6 Å². The van der Waals surface area contributed by atoms with E-state index in [0.29, 0.717) is 0 Å². The minimum atomic E-state index is -0.0980. The molecule has 5 heteroatoms. The molecule has 110 valence electrons. The van der Waals surface area contributed by atoms with E-state index in [0.717, 1.165) is 24.4 Å². The monoisotopic (exact) mass is 318 g/mol. The number of nitrogens with zero attached hydrogens (tertiary/aromatic N) is 2. The lowest BCUT2D eigenvalue weighted by Crippen LogP contribution is -2.36. The molecule has 3 heterocycles. The molecular weight excluding hydrogens is 300 g/mol. The van der Waals surface area contributed by atoms with Crippen LogP contribution in [0.15, 0.2) is 46.2 Å². The van der Waals surface area contributed by atoms with Gasteiger partial charge in [0.25, 0.3) is 0 Å². The van der Waals surface area contributed by atoms with Crippen LogP contribution in [0.25, 0.3) is 0 Å². The van der Waals surface area contributed by atoms with Crippen molar-refractivity contribution in [1.29, 1.82) is 0 Å². The Morgan fingerprint density at radius 1 is 1.48 bits per heavy atom. The predicted octanol–water partition coefficient (Wildman–Crippen LogP) is 3.99. The van der Waals surface area contributed by atoms with Gasteiger partial charge in [0.15, 0.2) is 0 Å². The molecule has 1 fully saturated rings. The first kappa shape index (κ1) is 14.6. The maximum Gasteiger partial charge on any atom is 0.236 e. The number of rotatable bonds is 4. The first-order valence-corrected chi connectivity index (χ1v) is 8.98. The Balaban J connectivity index is 1.69. The molecule has 2 unspecified atom stereocenters. The summed E-state index contributed by atoms with van der Waals surface area (Å²) in [5.74, 6) is 0.222. The lowest BCUT2D eigenvalue weighted by atomic mass is 10.1. The molecule has 0 radical (unpaired) electrons. The fourth-order valence-electron chi connectivity index (χ4n) is 2.72. The largest absolute Gasteiger partial charge is 0.335 e. The summed E-state index contributed by atoms with van der Waals surface area (Å²) < 4.78 is 0. The number of aromatic nitrogens is 1. The summed E-state index contributed by atoms with van der Waals surface area (Å²) in [6, 6.07) is 8.20. The van der Waals surface area contributed by atoms with Crippen LogP contribution in [0.2, 0.25) is 0 Å². The summed E-state index contributed by atoms with van der Waals surface area (Å²) in [5, 5.41) is 5.05. The van der Waals surface area contributed by atoms with E-state index >= 15 is 0 Å². The molecule has 3 rings (SSSR count). The second-order valence-corrected chi connectivity index (χ2v) is 7.32. The molecule has 1 aliphatic rings. The molecule has 0 bridgehead atoms. The van der Waals surface area contributed by atoms with E-state index in [1.165, 1.54) is 17.3 Å². The lowest BCUT2D eigenvalue weighted by molar-refractivity contribution is -0.131. The Hall–Kier alpha value is -1.33. The van der Waals surface area contributed by atoms with Gasteiger partial charge in [-0.3, -0.25) is 4.79 Å². The summed E-state index contributed by atoms with van der Waals surface area (Å²) in [6.45, 7) is 2.84. The molecule has 1 amide bonds. The highest BCUT2D eigenvalue weighted by molar-refractivity contribution is 8.00. The molecule has 0 saturated carbocycles. The highest BCUT2D eigenvalue weighted by Crippen LogP contribution is 2.35. The van der Waals surface area contributed by atoms with Crippen LogP contribution in [0.3, 0.4) is 0 Å². The van der Waals surface area contributed by atoms with Crippen LogP contribution in [0.1, 0.15) is 31.4 Å². The van der Waals surface area contributed by atoms with Gasteiger partial charge in [-0.05, 0) is 54.3 Å². The fourth-order valence-corrected chi connectivity index (χ4v) is 4.31. The zero-order valence-corrected chi connectivity index (χ0v) is 13.6. The summed E-state index contributed by atoms with van der Waals surface area (Å²) >= 11 is 3.24. The molecule has 0 aliphatic carbocycles. The van der Waals surface area contributed by atoms with Gasteiger partial charge < -0.3 is 4.90 Å². The van der Waals surface area contributed by atoms with Crippen molar-refractivity contribution in [3.05, 3.63) is 46.8 Å². The van der Waals surface area contributed by atoms with Crippen LogP contribution in [0, 0.1) is 0 Å². The van der Waals surface area contributed by atoms with E-state index in [9.17, 15) is 4.79 Å². The van der Waals surface area contributed by atoms with Crippen LogP contribution in [0.5, 0.6) is 0 Å². The molecular formula is C16H18N2OS2. The number of amides is 1. The van der Waals surface area contributed by atoms with Crippen molar-refractivity contribution in [2.45, 2.75) is 36.1 Å². The Kier molecular flexibility index (Phi) is 4.60. The molecule has 21 heavy (non-hydrogen) atoms. The van der Waals surface area contributed by atoms with Crippen LogP contribution in [-0.2, 0) is 4.79 Å². The van der Waals surface area contributed by atoms with E-state index in [4.69, 9.17) is 0 Å². The van der Waals surface area contributed by atoms with Crippen molar-refractivity contribution in [2.75, 3.05) is 6.54 Å². The first-order chi connectivity index (χ1) is 10.3. The third-order valence-electron chi connectivity index (χ3n) is 3.75. The van der Waals surface area contributed by atoms with Gasteiger partial charge in [-0.1, -0.05) is 17.8 Å². The topological polar surface area (TPSA) is 33.2 Å². The minimum Gasteiger partial charge on any atom is -0.335 e. The van der Waals surface area contributed by atoms with Gasteiger partial charge in [-0.2, -0.15) is 11.3 Å². The number of pyridine rings is 1. The summed E-state index contributed by atoms with van der Waals surface area (Å²) in [6.07, 6.45) is 3.93. The number of thioether (sulfide) groups is 1. The standard InChI is InChI=1S/C16H18N2OS2/c1-12(21-15-6-2-3-8-17-15)16(19)18-9-4-5-14(18)13-7-10-20-11-13/h2-3,6-8,10-12,14H,4-5,9H2,1H3. The van der Waals surface area contributed by atoms with E-state index < -0.39 is 0 Å². The zero-order chi connectivity index (χ0) is 14.7. The first-order valence-electron chi connectivity index (χ1n) is 7.16. The third kappa shape index (κ3) is 3.30. The molecule has 0 spiro atoms. The minimum absolute atomic E-state index is 0.0980. The highest BCUT2D eigenvalue weighted by Gasteiger charge is 2.32. The van der Waals surface area contributed by atoms with Crippen molar-refractivity contribution in [1.82, 2.24) is 9.88 Å². The van der Waals surface area contributed by atoms with Crippen LogP contribution >= 0.6 is 23.1 Å². The number of likely N-dealkylation sites (tertiary alicyclic amines) is 1. The van der Waals surface area contributed by atoms with E-state index in [1.807, 2.05) is 30.0 Å². The van der Waals surface area contributed by atoms with Gasteiger partial charge in [-0.25, -0.2) is 4.98 Å². The number of carbonyl (C=O) groups is 1. The van der Waals surface area contributed by atoms with Crippen molar-refractivity contribution in [3.8, 4) is 0 Å². The number of carbonyl (C=O) groups excluding carboxylic acids is 1. The van der Waals surface area contributed by atoms with Crippen molar-refractivity contribution in [3.63, 3.8) is 0 Å². The molecule has 2 aromatic rings. The van der Waals surface area contributed by atoms with E-state index in [-0.39, 0.29) is 17.2 Å². The summed E-state index contributed by atoms with van der Waals surface area (Å²) in [4.78, 5) is 19.1. The second kappa shape index (κ2) is 6.62. The Morgan fingerprint density at radius 3 is 3.10 bits per heavy atom. The predicted molar refractivity (Wildman–Crippen MR) is 87.6 cm³/mol. The van der Waals surface area contributed by atoms with Gasteiger partial charge in [0.1, 0.15) is 0 Å². The lowest BCUT2D eigenvalue weighted by Gasteiger charge is -2.26. The van der Waals surface area contributed by atoms with Gasteiger partial charge in [-0.15, -0.1) is 0 Å². The molecule has 2 aromatic heterocycles. The normalized spacial score (nSPS) is 19.7. The van der Waals surface area contributed by atoms with Gasteiger partial charge in [0.2, 0.25) is 5.91 Å². The number of thiophene rings is 1. The van der Waals surface area contributed by atoms with Gasteiger partial charge in [0.05, 0.1) is 16.3 Å².